The van der Waals surface area contributed by atoms with Gasteiger partial charge in [0.05, 0.1) is 25.4 Å². The predicted octanol–water partition coefficient (Wildman–Crippen LogP) is 2.15. The number of ether oxygens (including phenoxy) is 2. The molecule has 0 radical (unpaired) electrons. The SMILES string of the molecule is COC(=O)N1c2ccccc2[C@@H]2COCC[C@H]21. The van der Waals surface area contributed by atoms with Crippen LogP contribution in [0.25, 0.3) is 0 Å². The first kappa shape index (κ1) is 10.6. The third kappa shape index (κ3) is 1.52. The van der Waals surface area contributed by atoms with Gasteiger partial charge in [0.1, 0.15) is 0 Å². The summed E-state index contributed by atoms with van der Waals surface area (Å²) in [4.78, 5) is 13.7. The number of amides is 1. The lowest BCUT2D eigenvalue weighted by Gasteiger charge is -2.31. The summed E-state index contributed by atoms with van der Waals surface area (Å²) >= 11 is 0. The number of anilines is 1. The fraction of sp³-hybridized carbons (Fsp3) is 0.462. The van der Waals surface area contributed by atoms with Crippen molar-refractivity contribution in [2.75, 3.05) is 25.2 Å². The second kappa shape index (κ2) is 4.04. The zero-order valence-electron chi connectivity index (χ0n) is 9.76. The van der Waals surface area contributed by atoms with E-state index in [2.05, 4.69) is 6.07 Å². The number of rotatable bonds is 0. The van der Waals surface area contributed by atoms with Crippen LogP contribution in [0.15, 0.2) is 24.3 Å². The summed E-state index contributed by atoms with van der Waals surface area (Å²) in [5, 5.41) is 0. The standard InChI is InChI=1S/C13H15NO3/c1-16-13(15)14-11-5-3-2-4-9(11)10-8-17-7-6-12(10)14/h2-5,10,12H,6-8H2,1H3/t10-,12+/m0/s1. The Morgan fingerprint density at radius 3 is 3.12 bits per heavy atom. The van der Waals surface area contributed by atoms with E-state index in [4.69, 9.17) is 9.47 Å². The molecule has 1 aromatic carbocycles. The van der Waals surface area contributed by atoms with Gasteiger partial charge in [-0.1, -0.05) is 18.2 Å². The van der Waals surface area contributed by atoms with Gasteiger partial charge in [-0.3, -0.25) is 4.90 Å². The van der Waals surface area contributed by atoms with E-state index in [1.54, 1.807) is 4.90 Å². The molecule has 17 heavy (non-hydrogen) atoms. The maximum Gasteiger partial charge on any atom is 0.414 e. The third-order valence-electron chi connectivity index (χ3n) is 3.62. The molecule has 0 unspecified atom stereocenters. The predicted molar refractivity (Wildman–Crippen MR) is 63.3 cm³/mol. The molecule has 2 atom stereocenters. The minimum atomic E-state index is -0.271. The number of nitrogens with zero attached hydrogens (tertiary/aromatic N) is 1. The second-order valence-electron chi connectivity index (χ2n) is 4.44. The Morgan fingerprint density at radius 2 is 2.29 bits per heavy atom. The molecule has 3 rings (SSSR count). The Morgan fingerprint density at radius 1 is 1.47 bits per heavy atom. The number of carbonyl (C=O) groups is 1. The fourth-order valence-electron chi connectivity index (χ4n) is 2.86. The van der Waals surface area contributed by atoms with Crippen LogP contribution in [0.5, 0.6) is 0 Å². The van der Waals surface area contributed by atoms with Gasteiger partial charge in [0, 0.05) is 12.5 Å². The molecule has 1 saturated heterocycles. The second-order valence-corrected chi connectivity index (χ2v) is 4.44. The largest absolute Gasteiger partial charge is 0.452 e. The summed E-state index contributed by atoms with van der Waals surface area (Å²) in [5.74, 6) is 0.291. The molecule has 2 aliphatic rings. The number of benzene rings is 1. The van der Waals surface area contributed by atoms with E-state index in [1.807, 2.05) is 18.2 Å². The molecule has 0 N–H and O–H groups in total. The smallest absolute Gasteiger partial charge is 0.414 e. The molecule has 4 heteroatoms. The highest BCUT2D eigenvalue weighted by molar-refractivity contribution is 5.91. The Hall–Kier alpha value is -1.55. The van der Waals surface area contributed by atoms with Crippen LogP contribution in [0.2, 0.25) is 0 Å². The van der Waals surface area contributed by atoms with Gasteiger partial charge in [-0.2, -0.15) is 0 Å². The average molecular weight is 233 g/mol. The van der Waals surface area contributed by atoms with E-state index in [0.717, 1.165) is 12.1 Å². The molecule has 2 aliphatic heterocycles. The zero-order chi connectivity index (χ0) is 11.8. The van der Waals surface area contributed by atoms with Gasteiger partial charge in [-0.15, -0.1) is 0 Å². The average Bonchev–Trinajstić information content (AvgIpc) is 2.72. The van der Waals surface area contributed by atoms with E-state index >= 15 is 0 Å². The van der Waals surface area contributed by atoms with Crippen LogP contribution in [0.1, 0.15) is 17.9 Å². The fourth-order valence-corrected chi connectivity index (χ4v) is 2.86. The first-order valence-corrected chi connectivity index (χ1v) is 5.87. The summed E-state index contributed by atoms with van der Waals surface area (Å²) in [6.45, 7) is 1.40. The molecule has 0 saturated carbocycles. The minimum Gasteiger partial charge on any atom is -0.452 e. The lowest BCUT2D eigenvalue weighted by Crippen LogP contribution is -2.43. The number of fused-ring (bicyclic) bond motifs is 3. The van der Waals surface area contributed by atoms with Crippen LogP contribution in [0.3, 0.4) is 0 Å². The summed E-state index contributed by atoms with van der Waals surface area (Å²) < 4.78 is 10.4. The van der Waals surface area contributed by atoms with Crippen LogP contribution < -0.4 is 4.90 Å². The lowest BCUT2D eigenvalue weighted by molar-refractivity contribution is 0.0706. The summed E-state index contributed by atoms with van der Waals surface area (Å²) in [6, 6.07) is 8.20. The summed E-state index contributed by atoms with van der Waals surface area (Å²) in [7, 11) is 1.43. The molecule has 0 aliphatic carbocycles. The first-order chi connectivity index (χ1) is 8.33. The molecule has 90 valence electrons. The first-order valence-electron chi connectivity index (χ1n) is 5.87. The van der Waals surface area contributed by atoms with Gasteiger partial charge in [0.15, 0.2) is 0 Å². The summed E-state index contributed by atoms with van der Waals surface area (Å²) in [5.41, 5.74) is 2.17. The number of hydrogen-bond donors (Lipinski definition) is 0. The van der Waals surface area contributed by atoms with E-state index in [1.165, 1.54) is 12.7 Å². The Kier molecular flexibility index (Phi) is 2.52. The van der Waals surface area contributed by atoms with E-state index in [9.17, 15) is 4.79 Å². The number of methoxy groups -OCH3 is 1. The number of hydrogen-bond acceptors (Lipinski definition) is 3. The Labute approximate surface area is 100 Å². The van der Waals surface area contributed by atoms with Crippen LogP contribution in [-0.4, -0.2) is 32.5 Å². The molecule has 0 aromatic heterocycles. The highest BCUT2D eigenvalue weighted by Crippen LogP contribution is 2.44. The van der Waals surface area contributed by atoms with Gasteiger partial charge in [0.25, 0.3) is 0 Å². The van der Waals surface area contributed by atoms with E-state index in [-0.39, 0.29) is 12.1 Å². The van der Waals surface area contributed by atoms with Crippen molar-refractivity contribution in [1.82, 2.24) is 0 Å². The van der Waals surface area contributed by atoms with E-state index in [0.29, 0.717) is 19.1 Å². The molecule has 0 bridgehead atoms. The molecule has 2 heterocycles. The number of para-hydroxylation sites is 1. The van der Waals surface area contributed by atoms with Crippen molar-refractivity contribution in [3.63, 3.8) is 0 Å². The van der Waals surface area contributed by atoms with Gasteiger partial charge < -0.3 is 9.47 Å². The highest BCUT2D eigenvalue weighted by Gasteiger charge is 2.43. The Balaban J connectivity index is 2.05. The summed E-state index contributed by atoms with van der Waals surface area (Å²) in [6.07, 6.45) is 0.598. The molecular weight excluding hydrogens is 218 g/mol. The maximum absolute atomic E-state index is 11.9. The normalized spacial score (nSPS) is 26.3. The Bertz CT molecular complexity index is 446. The van der Waals surface area contributed by atoms with Gasteiger partial charge >= 0.3 is 6.09 Å². The third-order valence-corrected chi connectivity index (χ3v) is 3.62. The monoisotopic (exact) mass is 233 g/mol. The van der Waals surface area contributed by atoms with Crippen molar-refractivity contribution in [1.29, 1.82) is 0 Å². The van der Waals surface area contributed by atoms with Crippen LogP contribution in [0.4, 0.5) is 10.5 Å². The molecule has 4 nitrogen and oxygen atoms in total. The molecular formula is C13H15NO3. The minimum absolute atomic E-state index is 0.189. The zero-order valence-corrected chi connectivity index (χ0v) is 9.76. The highest BCUT2D eigenvalue weighted by atomic mass is 16.5. The van der Waals surface area contributed by atoms with E-state index < -0.39 is 0 Å². The molecule has 1 amide bonds. The van der Waals surface area contributed by atoms with Crippen LogP contribution in [-0.2, 0) is 9.47 Å². The lowest BCUT2D eigenvalue weighted by atomic mass is 9.92. The molecule has 1 fully saturated rings. The maximum atomic E-state index is 11.9. The van der Waals surface area contributed by atoms with Gasteiger partial charge in [0.2, 0.25) is 0 Å². The molecule has 1 aromatic rings. The van der Waals surface area contributed by atoms with Gasteiger partial charge in [-0.25, -0.2) is 4.79 Å². The topological polar surface area (TPSA) is 38.8 Å². The molecule has 0 spiro atoms. The van der Waals surface area contributed by atoms with Gasteiger partial charge in [-0.05, 0) is 18.1 Å². The van der Waals surface area contributed by atoms with Crippen LogP contribution >= 0.6 is 0 Å². The van der Waals surface area contributed by atoms with Crippen molar-refractivity contribution >= 4 is 11.8 Å². The quantitative estimate of drug-likeness (QED) is 0.689. The van der Waals surface area contributed by atoms with Crippen molar-refractivity contribution < 1.29 is 14.3 Å². The number of carbonyl (C=O) groups excluding carboxylic acids is 1. The van der Waals surface area contributed by atoms with Crippen LogP contribution in [0, 0.1) is 0 Å². The van der Waals surface area contributed by atoms with Crippen molar-refractivity contribution in [3.05, 3.63) is 29.8 Å². The van der Waals surface area contributed by atoms with Crippen molar-refractivity contribution in [2.24, 2.45) is 0 Å². The van der Waals surface area contributed by atoms with Crippen molar-refractivity contribution in [2.45, 2.75) is 18.4 Å². The van der Waals surface area contributed by atoms with Crippen molar-refractivity contribution in [3.8, 4) is 0 Å².